The van der Waals surface area contributed by atoms with Crippen molar-refractivity contribution in [1.82, 2.24) is 0 Å². The number of rotatable bonds is 1. The van der Waals surface area contributed by atoms with Crippen LogP contribution in [0.4, 0.5) is 5.69 Å². The van der Waals surface area contributed by atoms with Crippen molar-refractivity contribution in [2.24, 2.45) is 0 Å². The third kappa shape index (κ3) is 1.35. The maximum absolute atomic E-state index is 11.4. The highest BCUT2D eigenvalue weighted by Gasteiger charge is 2.24. The molecule has 0 saturated heterocycles. The minimum atomic E-state index is -0.225. The molecule has 0 N–H and O–H groups in total. The van der Waals surface area contributed by atoms with Crippen LogP contribution in [0.1, 0.15) is 24.2 Å². The van der Waals surface area contributed by atoms with E-state index in [1.807, 2.05) is 18.2 Å². The van der Waals surface area contributed by atoms with Gasteiger partial charge < -0.3 is 9.64 Å². The van der Waals surface area contributed by atoms with Crippen LogP contribution in [0, 0.1) is 0 Å². The molecule has 0 fully saturated rings. The molecule has 0 unspecified atom stereocenters. The van der Waals surface area contributed by atoms with Gasteiger partial charge in [-0.05, 0) is 26.0 Å². The van der Waals surface area contributed by atoms with Crippen molar-refractivity contribution >= 4 is 11.7 Å². The summed E-state index contributed by atoms with van der Waals surface area (Å²) in [5.74, 6) is -0.225. The summed E-state index contributed by atoms with van der Waals surface area (Å²) in [6.07, 6.45) is 0. The Morgan fingerprint density at radius 1 is 1.36 bits per heavy atom. The number of hydrogen-bond acceptors (Lipinski definition) is 3. The number of nitrogens with zero attached hydrogens (tertiary/aromatic N) is 1. The number of para-hydroxylation sites is 1. The van der Waals surface area contributed by atoms with Gasteiger partial charge in [0.25, 0.3) is 0 Å². The van der Waals surface area contributed by atoms with Crippen molar-refractivity contribution in [2.75, 3.05) is 11.6 Å². The largest absolute Gasteiger partial charge is 0.441 e. The molecule has 0 saturated carbocycles. The van der Waals surface area contributed by atoms with Gasteiger partial charge in [0, 0.05) is 6.04 Å². The molecule has 3 nitrogen and oxygen atoms in total. The number of anilines is 1. The van der Waals surface area contributed by atoms with Gasteiger partial charge in [0.1, 0.15) is 0 Å². The molecule has 1 aromatic rings. The second-order valence-corrected chi connectivity index (χ2v) is 3.64. The van der Waals surface area contributed by atoms with E-state index < -0.39 is 0 Å². The topological polar surface area (TPSA) is 29.5 Å². The van der Waals surface area contributed by atoms with Crippen molar-refractivity contribution in [3.63, 3.8) is 0 Å². The van der Waals surface area contributed by atoms with Crippen molar-refractivity contribution in [2.45, 2.75) is 19.9 Å². The molecule has 0 spiro atoms. The van der Waals surface area contributed by atoms with Crippen LogP contribution in [0.5, 0.6) is 0 Å². The maximum Gasteiger partial charge on any atom is 0.341 e. The zero-order valence-corrected chi connectivity index (χ0v) is 8.36. The number of cyclic esters (lactones) is 1. The van der Waals surface area contributed by atoms with Gasteiger partial charge in [-0.3, -0.25) is 0 Å². The van der Waals surface area contributed by atoms with Crippen molar-refractivity contribution in [1.29, 1.82) is 0 Å². The summed E-state index contributed by atoms with van der Waals surface area (Å²) in [7, 11) is 0. The lowest BCUT2D eigenvalue weighted by molar-refractivity contribution is 0.0474. The summed E-state index contributed by atoms with van der Waals surface area (Å²) in [5, 5.41) is 0. The minimum absolute atomic E-state index is 0.225. The Labute approximate surface area is 83.3 Å². The van der Waals surface area contributed by atoms with E-state index in [0.717, 1.165) is 5.69 Å². The first-order valence-electron chi connectivity index (χ1n) is 4.73. The van der Waals surface area contributed by atoms with E-state index in [4.69, 9.17) is 4.74 Å². The monoisotopic (exact) mass is 191 g/mol. The SMILES string of the molecule is CC(C)N1COC(=O)c2ccccc21. The van der Waals surface area contributed by atoms with E-state index in [9.17, 15) is 4.79 Å². The Balaban J connectivity index is 2.46. The number of esters is 1. The maximum atomic E-state index is 11.4. The molecule has 0 radical (unpaired) electrons. The molecule has 1 aliphatic rings. The summed E-state index contributed by atoms with van der Waals surface area (Å²) >= 11 is 0. The average molecular weight is 191 g/mol. The summed E-state index contributed by atoms with van der Waals surface area (Å²) < 4.78 is 5.07. The van der Waals surface area contributed by atoms with Gasteiger partial charge in [-0.2, -0.15) is 0 Å². The molecule has 3 heteroatoms. The van der Waals surface area contributed by atoms with Gasteiger partial charge in [0.05, 0.1) is 11.3 Å². The second-order valence-electron chi connectivity index (χ2n) is 3.64. The van der Waals surface area contributed by atoms with E-state index in [0.29, 0.717) is 18.3 Å². The molecule has 0 atom stereocenters. The van der Waals surface area contributed by atoms with Crippen molar-refractivity contribution in [3.8, 4) is 0 Å². The third-order valence-corrected chi connectivity index (χ3v) is 2.39. The van der Waals surface area contributed by atoms with E-state index >= 15 is 0 Å². The van der Waals surface area contributed by atoms with Crippen LogP contribution >= 0.6 is 0 Å². The lowest BCUT2D eigenvalue weighted by Crippen LogP contribution is -2.38. The molecule has 2 rings (SSSR count). The molecule has 14 heavy (non-hydrogen) atoms. The smallest absolute Gasteiger partial charge is 0.341 e. The fourth-order valence-electron chi connectivity index (χ4n) is 1.60. The van der Waals surface area contributed by atoms with Crippen LogP contribution in [0.15, 0.2) is 24.3 Å². The summed E-state index contributed by atoms with van der Waals surface area (Å²) in [4.78, 5) is 13.5. The van der Waals surface area contributed by atoms with Gasteiger partial charge in [-0.25, -0.2) is 4.79 Å². The van der Waals surface area contributed by atoms with E-state index in [2.05, 4.69) is 18.7 Å². The highest BCUT2D eigenvalue weighted by molar-refractivity contribution is 5.97. The Kier molecular flexibility index (Phi) is 2.15. The van der Waals surface area contributed by atoms with E-state index in [-0.39, 0.29) is 5.97 Å². The van der Waals surface area contributed by atoms with Gasteiger partial charge in [-0.1, -0.05) is 12.1 Å². The zero-order chi connectivity index (χ0) is 10.1. The molecule has 74 valence electrons. The second kappa shape index (κ2) is 3.33. The van der Waals surface area contributed by atoms with Crippen LogP contribution in [0.2, 0.25) is 0 Å². The van der Waals surface area contributed by atoms with Crippen LogP contribution in [0.3, 0.4) is 0 Å². The number of carbonyl (C=O) groups is 1. The Morgan fingerprint density at radius 3 is 2.79 bits per heavy atom. The molecule has 1 heterocycles. The van der Waals surface area contributed by atoms with Crippen molar-refractivity contribution < 1.29 is 9.53 Å². The minimum Gasteiger partial charge on any atom is -0.441 e. The van der Waals surface area contributed by atoms with Crippen molar-refractivity contribution in [3.05, 3.63) is 29.8 Å². The molecule has 0 aliphatic carbocycles. The number of hydrogen-bond donors (Lipinski definition) is 0. The average Bonchev–Trinajstić information content (AvgIpc) is 2.18. The van der Waals surface area contributed by atoms with Gasteiger partial charge >= 0.3 is 5.97 Å². The predicted molar refractivity (Wildman–Crippen MR) is 54.3 cm³/mol. The molecule has 0 bridgehead atoms. The molecule has 0 amide bonds. The van der Waals surface area contributed by atoms with E-state index in [1.54, 1.807) is 6.07 Å². The fraction of sp³-hybridized carbons (Fsp3) is 0.364. The van der Waals surface area contributed by atoms with E-state index in [1.165, 1.54) is 0 Å². The standard InChI is InChI=1S/C11H13NO2/c1-8(2)12-7-14-11(13)9-5-3-4-6-10(9)12/h3-6,8H,7H2,1-2H3. The lowest BCUT2D eigenvalue weighted by Gasteiger charge is -2.33. The fourth-order valence-corrected chi connectivity index (χ4v) is 1.60. The normalized spacial score (nSPS) is 15.4. The number of benzene rings is 1. The van der Waals surface area contributed by atoms with Crippen LogP contribution < -0.4 is 4.90 Å². The molecular formula is C11H13NO2. The first kappa shape index (κ1) is 9.06. The predicted octanol–water partition coefficient (Wildman–Crippen LogP) is 2.03. The number of carbonyl (C=O) groups excluding carboxylic acids is 1. The van der Waals surface area contributed by atoms with Crippen LogP contribution in [-0.2, 0) is 4.74 Å². The Bertz CT molecular complexity index is 360. The lowest BCUT2D eigenvalue weighted by atomic mass is 10.1. The molecular weight excluding hydrogens is 178 g/mol. The quantitative estimate of drug-likeness (QED) is 0.636. The number of fused-ring (bicyclic) bond motifs is 1. The van der Waals surface area contributed by atoms with Crippen LogP contribution in [0.25, 0.3) is 0 Å². The zero-order valence-electron chi connectivity index (χ0n) is 8.36. The van der Waals surface area contributed by atoms with Gasteiger partial charge in [0.2, 0.25) is 0 Å². The third-order valence-electron chi connectivity index (χ3n) is 2.39. The van der Waals surface area contributed by atoms with Gasteiger partial charge in [-0.15, -0.1) is 0 Å². The summed E-state index contributed by atoms with van der Waals surface area (Å²) in [6.45, 7) is 4.51. The van der Waals surface area contributed by atoms with Crippen LogP contribution in [-0.4, -0.2) is 18.7 Å². The summed E-state index contributed by atoms with van der Waals surface area (Å²) in [5.41, 5.74) is 1.63. The highest BCUT2D eigenvalue weighted by Crippen LogP contribution is 2.26. The molecule has 1 aromatic carbocycles. The molecule has 1 aliphatic heterocycles. The highest BCUT2D eigenvalue weighted by atomic mass is 16.5. The first-order chi connectivity index (χ1) is 6.70. The summed E-state index contributed by atoms with van der Waals surface area (Å²) in [6, 6.07) is 7.88. The Hall–Kier alpha value is -1.51. The Morgan fingerprint density at radius 2 is 2.07 bits per heavy atom. The first-order valence-corrected chi connectivity index (χ1v) is 4.73. The molecule has 0 aromatic heterocycles. The number of ether oxygens (including phenoxy) is 1. The van der Waals surface area contributed by atoms with Gasteiger partial charge in [0.15, 0.2) is 6.73 Å².